The molecule has 0 spiro atoms. The third-order valence-electron chi connectivity index (χ3n) is 1.52. The topological polar surface area (TPSA) is 63.3 Å². The molecule has 0 fully saturated rings. The van der Waals surface area contributed by atoms with Gasteiger partial charge < -0.3 is 10.8 Å². The first-order valence-corrected chi connectivity index (χ1v) is 3.88. The highest BCUT2D eigenvalue weighted by Crippen LogP contribution is 2.05. The Morgan fingerprint density at radius 1 is 1.58 bits per heavy atom. The van der Waals surface area contributed by atoms with Crippen LogP contribution in [0.1, 0.15) is 20.3 Å². The van der Waals surface area contributed by atoms with Crippen molar-refractivity contribution in [2.75, 3.05) is 0 Å². The fourth-order valence-electron chi connectivity index (χ4n) is 0.837. The summed E-state index contributed by atoms with van der Waals surface area (Å²) in [5.74, 6) is -0.959. The van der Waals surface area contributed by atoms with Gasteiger partial charge in [0.2, 0.25) is 0 Å². The second-order valence-corrected chi connectivity index (χ2v) is 2.51. The van der Waals surface area contributed by atoms with Crippen LogP contribution in [0, 0.1) is 0 Å². The molecule has 0 amide bonds. The van der Waals surface area contributed by atoms with E-state index in [9.17, 15) is 4.79 Å². The summed E-state index contributed by atoms with van der Waals surface area (Å²) in [6.45, 7) is 3.75. The maximum atomic E-state index is 10.4. The number of allylic oxidation sites excluding steroid dienone is 3. The van der Waals surface area contributed by atoms with Crippen LogP contribution in [0.15, 0.2) is 23.8 Å². The zero-order valence-corrected chi connectivity index (χ0v) is 7.45. The number of carboxylic acid groups (broad SMARTS) is 1. The second-order valence-electron chi connectivity index (χ2n) is 2.51. The van der Waals surface area contributed by atoms with E-state index in [2.05, 4.69) is 0 Å². The monoisotopic (exact) mass is 169 g/mol. The number of hydrogen-bond donors (Lipinski definition) is 2. The second kappa shape index (κ2) is 5.55. The quantitative estimate of drug-likeness (QED) is 0.624. The van der Waals surface area contributed by atoms with Gasteiger partial charge in [-0.1, -0.05) is 23.8 Å². The van der Waals surface area contributed by atoms with Gasteiger partial charge in [0.05, 0.1) is 0 Å². The first kappa shape index (κ1) is 10.9. The summed E-state index contributed by atoms with van der Waals surface area (Å²) < 4.78 is 0. The van der Waals surface area contributed by atoms with Crippen molar-refractivity contribution in [2.24, 2.45) is 5.73 Å². The minimum Gasteiger partial charge on any atom is -0.480 e. The third-order valence-corrected chi connectivity index (χ3v) is 1.52. The first-order chi connectivity index (χ1) is 5.61. The summed E-state index contributed by atoms with van der Waals surface area (Å²) >= 11 is 0. The molecule has 1 atom stereocenters. The molecule has 12 heavy (non-hydrogen) atoms. The molecule has 3 heteroatoms. The van der Waals surface area contributed by atoms with Crippen LogP contribution >= 0.6 is 0 Å². The van der Waals surface area contributed by atoms with E-state index in [-0.39, 0.29) is 0 Å². The van der Waals surface area contributed by atoms with Gasteiger partial charge in [0.15, 0.2) is 0 Å². The van der Waals surface area contributed by atoms with Gasteiger partial charge in [0, 0.05) is 0 Å². The molecule has 0 aromatic heterocycles. The molecule has 0 heterocycles. The van der Waals surface area contributed by atoms with Gasteiger partial charge in [-0.25, -0.2) is 0 Å². The van der Waals surface area contributed by atoms with Crippen molar-refractivity contribution in [2.45, 2.75) is 26.3 Å². The van der Waals surface area contributed by atoms with Crippen molar-refractivity contribution in [1.82, 2.24) is 0 Å². The van der Waals surface area contributed by atoms with Crippen molar-refractivity contribution in [3.63, 3.8) is 0 Å². The summed E-state index contributed by atoms with van der Waals surface area (Å²) in [4.78, 5) is 10.4. The molecule has 0 aromatic carbocycles. The molecule has 0 aromatic rings. The molecule has 0 aliphatic heterocycles. The first-order valence-electron chi connectivity index (χ1n) is 3.88. The predicted octanol–water partition coefficient (Wildman–Crippen LogP) is 1.31. The average Bonchev–Trinajstić information content (AvgIpc) is 2.03. The van der Waals surface area contributed by atoms with Crippen LogP contribution in [0.2, 0.25) is 0 Å². The Kier molecular flexibility index (Phi) is 5.04. The number of aliphatic carboxylic acids is 1. The van der Waals surface area contributed by atoms with E-state index in [1.54, 1.807) is 0 Å². The number of rotatable bonds is 4. The van der Waals surface area contributed by atoms with Crippen LogP contribution in [0.25, 0.3) is 0 Å². The molecule has 0 saturated carbocycles. The lowest BCUT2D eigenvalue weighted by Crippen LogP contribution is -2.30. The lowest BCUT2D eigenvalue weighted by Gasteiger charge is -2.05. The van der Waals surface area contributed by atoms with Gasteiger partial charge in [-0.15, -0.1) is 0 Å². The third kappa shape index (κ3) is 3.93. The van der Waals surface area contributed by atoms with Crippen molar-refractivity contribution >= 4 is 5.97 Å². The summed E-state index contributed by atoms with van der Waals surface area (Å²) in [5, 5.41) is 8.52. The van der Waals surface area contributed by atoms with Crippen LogP contribution in [-0.2, 0) is 4.79 Å². The standard InChI is InChI=1S/C9H15NO2/c1-3-5-7(4-2)6-8(10)9(11)12/h3-5,8H,6,10H2,1-2H3,(H,11,12)/b5-3-,7-4+/t8-/m1/s1. The molecule has 0 aliphatic rings. The van der Waals surface area contributed by atoms with Crippen LogP contribution < -0.4 is 5.73 Å². The number of carbonyl (C=O) groups is 1. The molecule has 3 N–H and O–H groups in total. The number of carboxylic acids is 1. The smallest absolute Gasteiger partial charge is 0.320 e. The van der Waals surface area contributed by atoms with Crippen LogP contribution in [0.5, 0.6) is 0 Å². The fraction of sp³-hybridized carbons (Fsp3) is 0.444. The lowest BCUT2D eigenvalue weighted by molar-refractivity contribution is -0.138. The molecule has 0 radical (unpaired) electrons. The SMILES string of the molecule is C/C=C\C(=C/C)C[C@@H](N)C(=O)O. The molecule has 0 aliphatic carbocycles. The average molecular weight is 169 g/mol. The number of hydrogen-bond acceptors (Lipinski definition) is 2. The molecular weight excluding hydrogens is 154 g/mol. The van der Waals surface area contributed by atoms with Gasteiger partial charge in [-0.3, -0.25) is 4.79 Å². The summed E-state index contributed by atoms with van der Waals surface area (Å²) in [5.41, 5.74) is 6.30. The maximum absolute atomic E-state index is 10.4. The van der Waals surface area contributed by atoms with E-state index >= 15 is 0 Å². The molecule has 0 saturated heterocycles. The zero-order valence-electron chi connectivity index (χ0n) is 7.45. The maximum Gasteiger partial charge on any atom is 0.320 e. The van der Waals surface area contributed by atoms with E-state index in [1.165, 1.54) is 0 Å². The van der Waals surface area contributed by atoms with Crippen molar-refractivity contribution in [1.29, 1.82) is 0 Å². The van der Waals surface area contributed by atoms with Crippen molar-refractivity contribution in [3.8, 4) is 0 Å². The summed E-state index contributed by atoms with van der Waals surface area (Å²) in [6.07, 6.45) is 5.98. The van der Waals surface area contributed by atoms with E-state index in [1.807, 2.05) is 32.1 Å². The number of nitrogens with two attached hydrogens (primary N) is 1. The Balaban J connectivity index is 4.13. The molecule has 0 rings (SSSR count). The highest BCUT2D eigenvalue weighted by molar-refractivity contribution is 5.73. The van der Waals surface area contributed by atoms with E-state index in [4.69, 9.17) is 10.8 Å². The largest absolute Gasteiger partial charge is 0.480 e. The van der Waals surface area contributed by atoms with Crippen LogP contribution in [0.3, 0.4) is 0 Å². The normalized spacial score (nSPS) is 15.1. The Bertz CT molecular complexity index is 207. The van der Waals surface area contributed by atoms with Crippen molar-refractivity contribution < 1.29 is 9.90 Å². The predicted molar refractivity (Wildman–Crippen MR) is 48.8 cm³/mol. The Hall–Kier alpha value is -1.09. The fourth-order valence-corrected chi connectivity index (χ4v) is 0.837. The van der Waals surface area contributed by atoms with E-state index < -0.39 is 12.0 Å². The van der Waals surface area contributed by atoms with Gasteiger partial charge in [0.25, 0.3) is 0 Å². The van der Waals surface area contributed by atoms with Crippen LogP contribution in [-0.4, -0.2) is 17.1 Å². The summed E-state index contributed by atoms with van der Waals surface area (Å²) in [6, 6.07) is -0.799. The minimum absolute atomic E-state index is 0.385. The zero-order chi connectivity index (χ0) is 9.56. The van der Waals surface area contributed by atoms with Gasteiger partial charge in [0.1, 0.15) is 6.04 Å². The highest BCUT2D eigenvalue weighted by atomic mass is 16.4. The molecule has 3 nitrogen and oxygen atoms in total. The van der Waals surface area contributed by atoms with Crippen molar-refractivity contribution in [3.05, 3.63) is 23.8 Å². The van der Waals surface area contributed by atoms with Gasteiger partial charge in [-0.2, -0.15) is 0 Å². The Morgan fingerprint density at radius 3 is 2.50 bits per heavy atom. The highest BCUT2D eigenvalue weighted by Gasteiger charge is 2.11. The minimum atomic E-state index is -0.959. The van der Waals surface area contributed by atoms with Gasteiger partial charge in [-0.05, 0) is 20.3 Å². The Labute approximate surface area is 72.6 Å². The van der Waals surface area contributed by atoms with Crippen LogP contribution in [0.4, 0.5) is 0 Å². The lowest BCUT2D eigenvalue weighted by atomic mass is 10.1. The Morgan fingerprint density at radius 2 is 2.17 bits per heavy atom. The summed E-state index contributed by atoms with van der Waals surface area (Å²) in [7, 11) is 0. The van der Waals surface area contributed by atoms with Gasteiger partial charge >= 0.3 is 5.97 Å². The molecule has 0 bridgehead atoms. The molecule has 68 valence electrons. The van der Waals surface area contributed by atoms with E-state index in [0.29, 0.717) is 6.42 Å². The van der Waals surface area contributed by atoms with E-state index in [0.717, 1.165) is 5.57 Å². The molecular formula is C9H15NO2. The molecule has 0 unspecified atom stereocenters.